The molecule has 0 bridgehead atoms. The van der Waals surface area contributed by atoms with Crippen molar-refractivity contribution in [3.05, 3.63) is 87.4 Å². The Hall–Kier alpha value is -3.68. The second-order valence-electron chi connectivity index (χ2n) is 7.59. The molecule has 0 saturated carbocycles. The van der Waals surface area contributed by atoms with Crippen LogP contribution in [0, 0.1) is 0 Å². The van der Waals surface area contributed by atoms with Crippen LogP contribution in [0.3, 0.4) is 0 Å². The average molecular weight is 498 g/mol. The van der Waals surface area contributed by atoms with Gasteiger partial charge in [0.05, 0.1) is 29.3 Å². The Kier molecular flexibility index (Phi) is 5.59. The summed E-state index contributed by atoms with van der Waals surface area (Å²) in [6, 6.07) is 15.8. The van der Waals surface area contributed by atoms with Gasteiger partial charge in [0, 0.05) is 16.8 Å². The second-order valence-corrected chi connectivity index (χ2v) is 8.43. The molecule has 1 amide bonds. The van der Waals surface area contributed by atoms with E-state index in [2.05, 4.69) is 0 Å². The number of benzene rings is 3. The van der Waals surface area contributed by atoms with Crippen LogP contribution in [0.2, 0.25) is 10.0 Å². The third-order valence-corrected chi connectivity index (χ3v) is 6.16. The van der Waals surface area contributed by atoms with Crippen molar-refractivity contribution in [2.24, 2.45) is 0 Å². The Morgan fingerprint density at radius 2 is 1.76 bits per heavy atom. The Bertz CT molecular complexity index is 1360. The van der Waals surface area contributed by atoms with Crippen LogP contribution in [0.25, 0.3) is 5.76 Å². The molecule has 2 aliphatic heterocycles. The van der Waals surface area contributed by atoms with Crippen LogP contribution in [0.1, 0.15) is 17.2 Å². The number of ketones is 1. The fraction of sp³-hybridized carbons (Fsp3) is 0.120. The summed E-state index contributed by atoms with van der Waals surface area (Å²) < 4.78 is 16.2. The van der Waals surface area contributed by atoms with Crippen LogP contribution in [-0.4, -0.2) is 30.7 Å². The van der Waals surface area contributed by atoms with Crippen molar-refractivity contribution >= 4 is 46.3 Å². The maximum absolute atomic E-state index is 13.3. The number of carbonyl (C=O) groups excluding carboxylic acids is 2. The van der Waals surface area contributed by atoms with Crippen molar-refractivity contribution in [2.45, 2.75) is 6.04 Å². The van der Waals surface area contributed by atoms with Gasteiger partial charge < -0.3 is 19.3 Å². The van der Waals surface area contributed by atoms with Gasteiger partial charge in [-0.3, -0.25) is 14.5 Å². The molecule has 3 aromatic carbocycles. The first-order chi connectivity index (χ1) is 16.4. The molecule has 0 spiro atoms. The molecule has 0 aliphatic carbocycles. The fourth-order valence-electron chi connectivity index (χ4n) is 4.17. The quantitative estimate of drug-likeness (QED) is 0.296. The van der Waals surface area contributed by atoms with E-state index < -0.39 is 23.5 Å². The predicted octanol–water partition coefficient (Wildman–Crippen LogP) is 5.36. The molecule has 3 aromatic rings. The molecule has 2 aliphatic rings. The molecular weight excluding hydrogens is 481 g/mol. The highest BCUT2D eigenvalue weighted by Crippen LogP contribution is 2.46. The molecule has 1 atom stereocenters. The van der Waals surface area contributed by atoms with E-state index in [9.17, 15) is 14.7 Å². The minimum Gasteiger partial charge on any atom is -0.507 e. The lowest BCUT2D eigenvalue weighted by atomic mass is 9.95. The zero-order valence-electron chi connectivity index (χ0n) is 17.7. The lowest BCUT2D eigenvalue weighted by molar-refractivity contribution is -0.132. The molecule has 34 heavy (non-hydrogen) atoms. The number of carbonyl (C=O) groups is 2. The first-order valence-corrected chi connectivity index (χ1v) is 10.9. The van der Waals surface area contributed by atoms with Gasteiger partial charge in [-0.1, -0.05) is 53.5 Å². The van der Waals surface area contributed by atoms with Crippen LogP contribution in [0.4, 0.5) is 5.69 Å². The van der Waals surface area contributed by atoms with Gasteiger partial charge in [0.1, 0.15) is 11.5 Å². The van der Waals surface area contributed by atoms with Crippen LogP contribution in [0.5, 0.6) is 17.2 Å². The van der Waals surface area contributed by atoms with Gasteiger partial charge in [-0.25, -0.2) is 0 Å². The number of anilines is 1. The molecule has 1 unspecified atom stereocenters. The zero-order chi connectivity index (χ0) is 24.0. The second kappa shape index (κ2) is 8.59. The number of methoxy groups -OCH3 is 1. The van der Waals surface area contributed by atoms with Crippen molar-refractivity contribution in [3.8, 4) is 17.2 Å². The fourth-order valence-corrected chi connectivity index (χ4v) is 4.74. The summed E-state index contributed by atoms with van der Waals surface area (Å²) in [6.45, 7) is 0.0645. The van der Waals surface area contributed by atoms with Crippen molar-refractivity contribution in [2.75, 3.05) is 18.8 Å². The van der Waals surface area contributed by atoms with Crippen LogP contribution in [-0.2, 0) is 9.59 Å². The highest BCUT2D eigenvalue weighted by Gasteiger charge is 2.47. The number of aliphatic hydroxyl groups is 1. The van der Waals surface area contributed by atoms with E-state index in [1.807, 2.05) is 6.07 Å². The monoisotopic (exact) mass is 497 g/mol. The maximum atomic E-state index is 13.3. The number of fused-ring (bicyclic) bond motifs is 1. The lowest BCUT2D eigenvalue weighted by Crippen LogP contribution is -2.29. The van der Waals surface area contributed by atoms with E-state index in [0.29, 0.717) is 22.7 Å². The Balaban J connectivity index is 1.74. The summed E-state index contributed by atoms with van der Waals surface area (Å²) in [7, 11) is 1.38. The topological polar surface area (TPSA) is 85.3 Å². The number of hydrogen-bond acceptors (Lipinski definition) is 6. The molecule has 9 heteroatoms. The number of ether oxygens (including phenoxy) is 3. The number of Topliss-reactive ketones (excluding diaryl/α,β-unsaturated/α-hetero) is 1. The summed E-state index contributed by atoms with van der Waals surface area (Å²) in [5.41, 5.74) is 1.01. The van der Waals surface area contributed by atoms with Crippen LogP contribution >= 0.6 is 23.2 Å². The van der Waals surface area contributed by atoms with E-state index in [-0.39, 0.29) is 33.7 Å². The number of amides is 1. The molecule has 7 nitrogen and oxygen atoms in total. The smallest absolute Gasteiger partial charge is 0.300 e. The number of halogens is 2. The van der Waals surface area contributed by atoms with Crippen LogP contribution in [0.15, 0.2) is 66.2 Å². The highest BCUT2D eigenvalue weighted by molar-refractivity contribution is 6.52. The van der Waals surface area contributed by atoms with Gasteiger partial charge in [0.25, 0.3) is 11.7 Å². The molecule has 2 heterocycles. The van der Waals surface area contributed by atoms with Gasteiger partial charge in [0.15, 0.2) is 11.5 Å². The minimum absolute atomic E-state index is 0.0645. The zero-order valence-corrected chi connectivity index (χ0v) is 19.3. The molecule has 0 radical (unpaired) electrons. The van der Waals surface area contributed by atoms with Gasteiger partial charge in [-0.2, -0.15) is 0 Å². The van der Waals surface area contributed by atoms with Gasteiger partial charge >= 0.3 is 0 Å². The van der Waals surface area contributed by atoms with E-state index in [0.717, 1.165) is 0 Å². The van der Waals surface area contributed by atoms with E-state index >= 15 is 0 Å². The van der Waals surface area contributed by atoms with Crippen molar-refractivity contribution < 1.29 is 28.9 Å². The van der Waals surface area contributed by atoms with E-state index in [1.165, 1.54) is 24.1 Å². The number of aliphatic hydroxyl groups excluding tert-OH is 1. The minimum atomic E-state index is -0.927. The van der Waals surface area contributed by atoms with Gasteiger partial charge in [-0.15, -0.1) is 0 Å². The first-order valence-electron chi connectivity index (χ1n) is 10.2. The van der Waals surface area contributed by atoms with Gasteiger partial charge in [0.2, 0.25) is 6.79 Å². The Morgan fingerprint density at radius 3 is 2.50 bits per heavy atom. The van der Waals surface area contributed by atoms with E-state index in [1.54, 1.807) is 42.5 Å². The Labute approximate surface area is 204 Å². The van der Waals surface area contributed by atoms with E-state index in [4.69, 9.17) is 37.4 Å². The summed E-state index contributed by atoms with van der Waals surface area (Å²) in [6.07, 6.45) is 0. The number of hydrogen-bond donors (Lipinski definition) is 1. The SMILES string of the molecule is COc1c(Cl)cc(Cl)cc1/C(O)=C1\C(=O)C(=O)N(c2ccc3c(c2)OCO3)C1c1ccccc1. The summed E-state index contributed by atoms with van der Waals surface area (Å²) in [4.78, 5) is 27.9. The molecule has 5 rings (SSSR count). The summed E-state index contributed by atoms with van der Waals surface area (Å²) >= 11 is 12.4. The molecule has 172 valence electrons. The third-order valence-electron chi connectivity index (χ3n) is 5.66. The molecule has 1 saturated heterocycles. The number of nitrogens with zero attached hydrogens (tertiary/aromatic N) is 1. The number of rotatable bonds is 4. The molecular formula is C25H17Cl2NO6. The third kappa shape index (κ3) is 3.54. The summed E-state index contributed by atoms with van der Waals surface area (Å²) in [5.74, 6) is -0.991. The van der Waals surface area contributed by atoms with Crippen molar-refractivity contribution in [1.82, 2.24) is 0 Å². The molecule has 1 N–H and O–H groups in total. The van der Waals surface area contributed by atoms with Crippen molar-refractivity contribution in [1.29, 1.82) is 0 Å². The normalized spacial score (nSPS) is 18.4. The largest absolute Gasteiger partial charge is 0.507 e. The van der Waals surface area contributed by atoms with Crippen molar-refractivity contribution in [3.63, 3.8) is 0 Å². The standard InChI is InChI=1S/C25H17Cl2NO6/c1-32-24-16(9-14(26)10-17(24)27)22(29)20-21(13-5-3-2-4-6-13)28(25(31)23(20)30)15-7-8-18-19(11-15)34-12-33-18/h2-11,21,29H,12H2,1H3/b22-20+. The average Bonchev–Trinajstić information content (AvgIpc) is 3.40. The van der Waals surface area contributed by atoms with Crippen LogP contribution < -0.4 is 19.1 Å². The predicted molar refractivity (Wildman–Crippen MR) is 127 cm³/mol. The highest BCUT2D eigenvalue weighted by atomic mass is 35.5. The molecule has 1 fully saturated rings. The maximum Gasteiger partial charge on any atom is 0.300 e. The van der Waals surface area contributed by atoms with Gasteiger partial charge in [-0.05, 0) is 29.8 Å². The first kappa shape index (κ1) is 22.1. The lowest BCUT2D eigenvalue weighted by Gasteiger charge is -2.25. The summed E-state index contributed by atoms with van der Waals surface area (Å²) in [5, 5.41) is 11.7. The molecule has 0 aromatic heterocycles. The Morgan fingerprint density at radius 1 is 1.03 bits per heavy atom.